The first kappa shape index (κ1) is 12.7. The summed E-state index contributed by atoms with van der Waals surface area (Å²) in [6.07, 6.45) is 5.04. The highest BCUT2D eigenvalue weighted by molar-refractivity contribution is 5.37. The SMILES string of the molecule is OC1c2ccccc2OCC1N(CC1CC1)CC1CC1. The maximum absolute atomic E-state index is 10.7. The maximum Gasteiger partial charge on any atom is 0.125 e. The number of nitrogens with zero attached hydrogens (tertiary/aromatic N) is 1. The van der Waals surface area contributed by atoms with Crippen LogP contribution in [0.15, 0.2) is 24.3 Å². The molecule has 4 rings (SSSR count). The van der Waals surface area contributed by atoms with E-state index in [2.05, 4.69) is 4.90 Å². The highest BCUT2D eigenvalue weighted by Gasteiger charge is 2.38. The molecule has 0 bridgehead atoms. The molecule has 2 unspecified atom stereocenters. The number of hydrogen-bond donors (Lipinski definition) is 1. The molecule has 0 aromatic heterocycles. The van der Waals surface area contributed by atoms with E-state index in [1.807, 2.05) is 24.3 Å². The van der Waals surface area contributed by atoms with E-state index in [1.165, 1.54) is 25.7 Å². The van der Waals surface area contributed by atoms with Crippen LogP contribution in [-0.2, 0) is 0 Å². The van der Waals surface area contributed by atoms with Crippen LogP contribution in [0.4, 0.5) is 0 Å². The fourth-order valence-electron chi connectivity index (χ4n) is 3.24. The van der Waals surface area contributed by atoms with Crippen molar-refractivity contribution >= 4 is 0 Å². The van der Waals surface area contributed by atoms with Crippen LogP contribution >= 0.6 is 0 Å². The van der Waals surface area contributed by atoms with E-state index in [-0.39, 0.29) is 6.04 Å². The van der Waals surface area contributed by atoms with Crippen LogP contribution in [0.2, 0.25) is 0 Å². The average Bonchev–Trinajstić information content (AvgIpc) is 3.35. The summed E-state index contributed by atoms with van der Waals surface area (Å²) in [5.74, 6) is 2.57. The van der Waals surface area contributed by atoms with E-state index >= 15 is 0 Å². The van der Waals surface area contributed by atoms with Crippen LogP contribution in [0.1, 0.15) is 37.4 Å². The molecule has 1 aliphatic heterocycles. The van der Waals surface area contributed by atoms with Crippen molar-refractivity contribution in [2.24, 2.45) is 11.8 Å². The zero-order valence-corrected chi connectivity index (χ0v) is 11.9. The zero-order chi connectivity index (χ0) is 13.5. The highest BCUT2D eigenvalue weighted by Crippen LogP contribution is 2.39. The number of aliphatic hydroxyl groups excluding tert-OH is 1. The van der Waals surface area contributed by atoms with Crippen molar-refractivity contribution in [1.82, 2.24) is 4.90 Å². The average molecular weight is 273 g/mol. The van der Waals surface area contributed by atoms with Crippen LogP contribution in [0, 0.1) is 11.8 Å². The fraction of sp³-hybridized carbons (Fsp3) is 0.647. The first-order valence-corrected chi connectivity index (χ1v) is 7.95. The van der Waals surface area contributed by atoms with Gasteiger partial charge in [0, 0.05) is 18.7 Å². The molecule has 0 amide bonds. The minimum atomic E-state index is -0.405. The summed E-state index contributed by atoms with van der Waals surface area (Å²) in [5, 5.41) is 10.7. The van der Waals surface area contributed by atoms with Gasteiger partial charge in [-0.2, -0.15) is 0 Å². The Morgan fingerprint density at radius 3 is 2.35 bits per heavy atom. The van der Waals surface area contributed by atoms with Crippen molar-refractivity contribution in [2.75, 3.05) is 19.7 Å². The van der Waals surface area contributed by atoms with Crippen molar-refractivity contribution in [3.63, 3.8) is 0 Å². The van der Waals surface area contributed by atoms with Gasteiger partial charge in [0.1, 0.15) is 18.5 Å². The van der Waals surface area contributed by atoms with Crippen molar-refractivity contribution < 1.29 is 9.84 Å². The first-order chi connectivity index (χ1) is 9.81. The lowest BCUT2D eigenvalue weighted by Crippen LogP contribution is -2.47. The van der Waals surface area contributed by atoms with E-state index in [4.69, 9.17) is 4.74 Å². The number of aliphatic hydroxyl groups is 1. The molecular weight excluding hydrogens is 250 g/mol. The van der Waals surface area contributed by atoms with Crippen molar-refractivity contribution in [3.8, 4) is 5.75 Å². The summed E-state index contributed by atoms with van der Waals surface area (Å²) in [6, 6.07) is 8.04. The molecule has 0 radical (unpaired) electrons. The second-order valence-electron chi connectivity index (χ2n) is 6.70. The molecule has 0 saturated heterocycles. The zero-order valence-electron chi connectivity index (χ0n) is 11.9. The van der Waals surface area contributed by atoms with Gasteiger partial charge in [0.2, 0.25) is 0 Å². The monoisotopic (exact) mass is 273 g/mol. The third kappa shape index (κ3) is 2.57. The van der Waals surface area contributed by atoms with Gasteiger partial charge >= 0.3 is 0 Å². The van der Waals surface area contributed by atoms with Crippen LogP contribution in [-0.4, -0.2) is 35.7 Å². The standard InChI is InChI=1S/C17H23NO2/c19-17-14-3-1-2-4-16(14)20-11-15(17)18(9-12-5-6-12)10-13-7-8-13/h1-4,12-13,15,17,19H,5-11H2. The molecular formula is C17H23NO2. The van der Waals surface area contributed by atoms with Gasteiger partial charge in [0.15, 0.2) is 0 Å². The predicted molar refractivity (Wildman–Crippen MR) is 77.7 cm³/mol. The Morgan fingerprint density at radius 1 is 1.05 bits per heavy atom. The lowest BCUT2D eigenvalue weighted by molar-refractivity contribution is -0.000766. The number of fused-ring (bicyclic) bond motifs is 1. The van der Waals surface area contributed by atoms with Gasteiger partial charge in [-0.25, -0.2) is 0 Å². The Kier molecular flexibility index (Phi) is 3.20. The van der Waals surface area contributed by atoms with Gasteiger partial charge in [-0.3, -0.25) is 4.90 Å². The molecule has 2 saturated carbocycles. The molecule has 20 heavy (non-hydrogen) atoms. The predicted octanol–water partition coefficient (Wildman–Crippen LogP) is 2.60. The van der Waals surface area contributed by atoms with Crippen LogP contribution in [0.3, 0.4) is 0 Å². The summed E-state index contributed by atoms with van der Waals surface area (Å²) >= 11 is 0. The molecule has 2 aliphatic carbocycles. The van der Waals surface area contributed by atoms with Gasteiger partial charge in [0.05, 0.1) is 6.04 Å². The molecule has 3 nitrogen and oxygen atoms in total. The first-order valence-electron chi connectivity index (χ1n) is 7.95. The Balaban J connectivity index is 1.53. The molecule has 1 aromatic carbocycles. The van der Waals surface area contributed by atoms with Crippen LogP contribution < -0.4 is 4.74 Å². The molecule has 2 fully saturated rings. The summed E-state index contributed by atoms with van der Waals surface area (Å²) in [7, 11) is 0. The number of benzene rings is 1. The Hall–Kier alpha value is -1.06. The lowest BCUT2D eigenvalue weighted by Gasteiger charge is -2.38. The van der Waals surface area contributed by atoms with E-state index in [1.54, 1.807) is 0 Å². The summed E-state index contributed by atoms with van der Waals surface area (Å²) in [5.41, 5.74) is 0.959. The van der Waals surface area contributed by atoms with Gasteiger partial charge in [0.25, 0.3) is 0 Å². The minimum absolute atomic E-state index is 0.131. The molecule has 1 aromatic rings. The maximum atomic E-state index is 10.7. The quantitative estimate of drug-likeness (QED) is 0.895. The number of para-hydroxylation sites is 1. The second-order valence-corrected chi connectivity index (χ2v) is 6.70. The molecule has 1 N–H and O–H groups in total. The van der Waals surface area contributed by atoms with Crippen molar-refractivity contribution in [2.45, 2.75) is 37.8 Å². The van der Waals surface area contributed by atoms with Gasteiger partial charge in [-0.1, -0.05) is 18.2 Å². The molecule has 3 heteroatoms. The van der Waals surface area contributed by atoms with Gasteiger partial charge < -0.3 is 9.84 Å². The fourth-order valence-corrected chi connectivity index (χ4v) is 3.24. The Bertz CT molecular complexity index is 468. The van der Waals surface area contributed by atoms with E-state index in [9.17, 15) is 5.11 Å². The van der Waals surface area contributed by atoms with Crippen LogP contribution in [0.25, 0.3) is 0 Å². The molecule has 3 aliphatic rings. The number of hydrogen-bond acceptors (Lipinski definition) is 3. The van der Waals surface area contributed by atoms with E-state index < -0.39 is 6.10 Å². The van der Waals surface area contributed by atoms with Gasteiger partial charge in [-0.05, 0) is 43.6 Å². The highest BCUT2D eigenvalue weighted by atomic mass is 16.5. The molecule has 1 heterocycles. The number of ether oxygens (including phenoxy) is 1. The summed E-state index contributed by atoms with van der Waals surface area (Å²) in [6.45, 7) is 2.91. The Labute approximate surface area is 120 Å². The van der Waals surface area contributed by atoms with Crippen LogP contribution in [0.5, 0.6) is 5.75 Å². The minimum Gasteiger partial charge on any atom is -0.491 e. The smallest absolute Gasteiger partial charge is 0.125 e. The van der Waals surface area contributed by atoms with E-state index in [0.717, 1.165) is 36.2 Å². The van der Waals surface area contributed by atoms with Crippen molar-refractivity contribution in [1.29, 1.82) is 0 Å². The normalized spacial score (nSPS) is 29.1. The molecule has 0 spiro atoms. The molecule has 108 valence electrons. The summed E-state index contributed by atoms with van der Waals surface area (Å²) in [4.78, 5) is 2.51. The van der Waals surface area contributed by atoms with Crippen molar-refractivity contribution in [3.05, 3.63) is 29.8 Å². The Morgan fingerprint density at radius 2 is 1.70 bits per heavy atom. The second kappa shape index (κ2) is 5.05. The topological polar surface area (TPSA) is 32.7 Å². The third-order valence-electron chi connectivity index (χ3n) is 4.86. The third-order valence-corrected chi connectivity index (χ3v) is 4.86. The van der Waals surface area contributed by atoms with E-state index in [0.29, 0.717) is 6.61 Å². The largest absolute Gasteiger partial charge is 0.491 e. The van der Waals surface area contributed by atoms with Gasteiger partial charge in [-0.15, -0.1) is 0 Å². The summed E-state index contributed by atoms with van der Waals surface area (Å²) < 4.78 is 5.89. The number of rotatable bonds is 5. The molecule has 2 atom stereocenters. The lowest BCUT2D eigenvalue weighted by atomic mass is 9.97.